The number of piperazine rings is 1. The zero-order chi connectivity index (χ0) is 18.1. The first-order valence-corrected chi connectivity index (χ1v) is 8.79. The highest BCUT2D eigenvalue weighted by Gasteiger charge is 2.15. The average Bonchev–Trinajstić information content (AvgIpc) is 3.14. The number of nitriles is 1. The first-order valence-electron chi connectivity index (χ1n) is 8.79. The summed E-state index contributed by atoms with van der Waals surface area (Å²) in [5.41, 5.74) is 2.12. The first-order chi connectivity index (χ1) is 12.2. The lowest BCUT2D eigenvalue weighted by atomic mass is 10.2. The minimum atomic E-state index is -0.205. The van der Waals surface area contributed by atoms with E-state index in [1.54, 1.807) is 6.07 Å². The molecule has 1 aliphatic rings. The smallest absolute Gasteiger partial charge is 0.267 e. The maximum Gasteiger partial charge on any atom is 0.267 e. The van der Waals surface area contributed by atoms with E-state index in [0.29, 0.717) is 17.8 Å². The van der Waals surface area contributed by atoms with E-state index in [-0.39, 0.29) is 5.91 Å². The van der Waals surface area contributed by atoms with Crippen LogP contribution in [0.15, 0.2) is 36.1 Å². The molecular weight excluding hydrogens is 314 g/mol. The standard InChI is InChI=1S/C19H27N5O/c1-3-16(15-24-10-8-23(4-2)9-11-24)6-5-7-21-19(25)18-12-17(13-20)14-22-18/h3,5-6,12,14,22H,4,7-11,15H2,1-2H3,(H,21,25)/b6-5-,16-3+. The van der Waals surface area contributed by atoms with E-state index >= 15 is 0 Å². The van der Waals surface area contributed by atoms with Crippen molar-refractivity contribution in [1.82, 2.24) is 20.1 Å². The van der Waals surface area contributed by atoms with E-state index in [2.05, 4.69) is 39.2 Å². The van der Waals surface area contributed by atoms with Gasteiger partial charge in [-0.3, -0.25) is 9.69 Å². The van der Waals surface area contributed by atoms with Gasteiger partial charge in [0.15, 0.2) is 0 Å². The maximum atomic E-state index is 12.0. The van der Waals surface area contributed by atoms with Crippen LogP contribution in [-0.4, -0.2) is 66.5 Å². The number of aromatic amines is 1. The van der Waals surface area contributed by atoms with Gasteiger partial charge in [-0.1, -0.05) is 25.2 Å². The second-order valence-corrected chi connectivity index (χ2v) is 6.10. The summed E-state index contributed by atoms with van der Waals surface area (Å²) in [5, 5.41) is 11.6. The molecule has 1 amide bonds. The van der Waals surface area contributed by atoms with Crippen LogP contribution < -0.4 is 5.32 Å². The summed E-state index contributed by atoms with van der Waals surface area (Å²) in [5.74, 6) is -0.205. The predicted octanol–water partition coefficient (Wildman–Crippen LogP) is 1.76. The topological polar surface area (TPSA) is 75.2 Å². The molecule has 1 aromatic heterocycles. The van der Waals surface area contributed by atoms with Crippen molar-refractivity contribution in [2.45, 2.75) is 13.8 Å². The Morgan fingerprint density at radius 3 is 2.68 bits per heavy atom. The van der Waals surface area contributed by atoms with E-state index in [1.807, 2.05) is 19.1 Å². The zero-order valence-corrected chi connectivity index (χ0v) is 15.1. The van der Waals surface area contributed by atoms with Gasteiger partial charge in [-0.25, -0.2) is 0 Å². The Hall–Kier alpha value is -2.36. The first kappa shape index (κ1) is 19.0. The number of aromatic nitrogens is 1. The Morgan fingerprint density at radius 1 is 1.36 bits per heavy atom. The van der Waals surface area contributed by atoms with Gasteiger partial charge in [0, 0.05) is 45.5 Å². The van der Waals surface area contributed by atoms with Crippen molar-refractivity contribution in [3.8, 4) is 6.07 Å². The molecule has 0 spiro atoms. The Bertz CT molecular complexity index is 660. The third kappa shape index (κ3) is 5.89. The molecule has 25 heavy (non-hydrogen) atoms. The second-order valence-electron chi connectivity index (χ2n) is 6.10. The summed E-state index contributed by atoms with van der Waals surface area (Å²) in [4.78, 5) is 19.7. The van der Waals surface area contributed by atoms with Crippen molar-refractivity contribution in [1.29, 1.82) is 5.26 Å². The summed E-state index contributed by atoms with van der Waals surface area (Å²) >= 11 is 0. The molecule has 0 atom stereocenters. The molecule has 0 saturated carbocycles. The molecule has 2 rings (SSSR count). The number of likely N-dealkylation sites (N-methyl/N-ethyl adjacent to an activating group) is 1. The highest BCUT2D eigenvalue weighted by molar-refractivity contribution is 5.92. The van der Waals surface area contributed by atoms with Gasteiger partial charge in [0.1, 0.15) is 11.8 Å². The van der Waals surface area contributed by atoms with E-state index in [9.17, 15) is 4.79 Å². The lowest BCUT2D eigenvalue weighted by Crippen LogP contribution is -2.46. The number of nitrogens with one attached hydrogen (secondary N) is 2. The van der Waals surface area contributed by atoms with Crippen LogP contribution in [0.4, 0.5) is 0 Å². The molecule has 1 fully saturated rings. The molecule has 0 unspecified atom stereocenters. The minimum Gasteiger partial charge on any atom is -0.356 e. The summed E-state index contributed by atoms with van der Waals surface area (Å²) in [7, 11) is 0. The Labute approximate surface area is 149 Å². The minimum absolute atomic E-state index is 0.205. The van der Waals surface area contributed by atoms with Gasteiger partial charge < -0.3 is 15.2 Å². The fourth-order valence-electron chi connectivity index (χ4n) is 2.81. The fourth-order valence-corrected chi connectivity index (χ4v) is 2.81. The van der Waals surface area contributed by atoms with Gasteiger partial charge in [-0.05, 0) is 25.1 Å². The lowest BCUT2D eigenvalue weighted by Gasteiger charge is -2.34. The lowest BCUT2D eigenvalue weighted by molar-refractivity contribution is 0.0953. The molecule has 0 radical (unpaired) electrons. The highest BCUT2D eigenvalue weighted by atomic mass is 16.1. The van der Waals surface area contributed by atoms with Crippen molar-refractivity contribution in [3.63, 3.8) is 0 Å². The number of carbonyl (C=O) groups excluding carboxylic acids is 1. The van der Waals surface area contributed by atoms with E-state index in [0.717, 1.165) is 39.3 Å². The number of hydrogen-bond donors (Lipinski definition) is 2. The van der Waals surface area contributed by atoms with Crippen molar-refractivity contribution in [3.05, 3.63) is 47.3 Å². The molecule has 2 N–H and O–H groups in total. The largest absolute Gasteiger partial charge is 0.356 e. The predicted molar refractivity (Wildman–Crippen MR) is 99.3 cm³/mol. The SMILES string of the molecule is C/C=C(\C=C/CNC(=O)c1cc(C#N)c[nH]1)CN1CCN(CC)CC1. The molecule has 0 bridgehead atoms. The van der Waals surface area contributed by atoms with Crippen molar-refractivity contribution in [2.24, 2.45) is 0 Å². The van der Waals surface area contributed by atoms with Gasteiger partial charge in [0.25, 0.3) is 5.91 Å². The van der Waals surface area contributed by atoms with Crippen molar-refractivity contribution in [2.75, 3.05) is 45.8 Å². The highest BCUT2D eigenvalue weighted by Crippen LogP contribution is 2.06. The summed E-state index contributed by atoms with van der Waals surface area (Å²) in [6, 6.07) is 3.54. The molecule has 1 aliphatic heterocycles. The fraction of sp³-hybridized carbons (Fsp3) is 0.474. The van der Waals surface area contributed by atoms with Gasteiger partial charge in [-0.15, -0.1) is 0 Å². The molecule has 1 aromatic rings. The third-order valence-electron chi connectivity index (χ3n) is 4.46. The van der Waals surface area contributed by atoms with Gasteiger partial charge in [-0.2, -0.15) is 5.26 Å². The Morgan fingerprint density at radius 2 is 2.08 bits per heavy atom. The quantitative estimate of drug-likeness (QED) is 0.741. The molecule has 6 heteroatoms. The summed E-state index contributed by atoms with van der Waals surface area (Å²) < 4.78 is 0. The number of hydrogen-bond acceptors (Lipinski definition) is 4. The molecular formula is C19H27N5O. The number of H-pyrrole nitrogens is 1. The molecule has 134 valence electrons. The molecule has 1 saturated heterocycles. The van der Waals surface area contributed by atoms with Crippen LogP contribution >= 0.6 is 0 Å². The van der Waals surface area contributed by atoms with Crippen molar-refractivity contribution >= 4 is 5.91 Å². The normalized spacial score (nSPS) is 16.9. The Kier molecular flexibility index (Phi) is 7.45. The second kappa shape index (κ2) is 9.82. The van der Waals surface area contributed by atoms with Gasteiger partial charge >= 0.3 is 0 Å². The molecule has 0 aromatic carbocycles. The monoisotopic (exact) mass is 341 g/mol. The van der Waals surface area contributed by atoms with Crippen molar-refractivity contribution < 1.29 is 4.79 Å². The zero-order valence-electron chi connectivity index (χ0n) is 15.1. The van der Waals surface area contributed by atoms with E-state index in [4.69, 9.17) is 5.26 Å². The maximum absolute atomic E-state index is 12.0. The van der Waals surface area contributed by atoms with Gasteiger partial charge in [0.2, 0.25) is 0 Å². The third-order valence-corrected chi connectivity index (χ3v) is 4.46. The van der Waals surface area contributed by atoms with Crippen LogP contribution in [-0.2, 0) is 0 Å². The van der Waals surface area contributed by atoms with E-state index in [1.165, 1.54) is 11.8 Å². The van der Waals surface area contributed by atoms with Crippen LogP contribution in [0.5, 0.6) is 0 Å². The summed E-state index contributed by atoms with van der Waals surface area (Å²) in [6.45, 7) is 11.2. The van der Waals surface area contributed by atoms with Crippen LogP contribution in [0.25, 0.3) is 0 Å². The summed E-state index contributed by atoms with van der Waals surface area (Å²) in [6.07, 6.45) is 7.68. The average molecular weight is 341 g/mol. The number of allylic oxidation sites excluding steroid dienone is 1. The van der Waals surface area contributed by atoms with Crippen LogP contribution in [0.2, 0.25) is 0 Å². The number of rotatable bonds is 7. The van der Waals surface area contributed by atoms with Crippen LogP contribution in [0.1, 0.15) is 29.9 Å². The number of nitrogens with zero attached hydrogens (tertiary/aromatic N) is 3. The van der Waals surface area contributed by atoms with Crippen LogP contribution in [0, 0.1) is 11.3 Å². The molecule has 0 aliphatic carbocycles. The van der Waals surface area contributed by atoms with Gasteiger partial charge in [0.05, 0.1) is 5.56 Å². The van der Waals surface area contributed by atoms with Crippen LogP contribution in [0.3, 0.4) is 0 Å². The molecule has 6 nitrogen and oxygen atoms in total. The Balaban J connectivity index is 1.74. The number of carbonyl (C=O) groups is 1. The van der Waals surface area contributed by atoms with E-state index < -0.39 is 0 Å². The molecule has 2 heterocycles. The number of amides is 1.